The zero-order chi connectivity index (χ0) is 14.4. The van der Waals surface area contributed by atoms with Gasteiger partial charge in [-0.1, -0.05) is 37.6 Å². The molecule has 0 radical (unpaired) electrons. The molecule has 2 rings (SSSR count). The maximum atomic E-state index is 10.6. The van der Waals surface area contributed by atoms with E-state index in [0.29, 0.717) is 0 Å². The van der Waals surface area contributed by atoms with Crippen molar-refractivity contribution in [3.63, 3.8) is 0 Å². The number of benzene rings is 2. The van der Waals surface area contributed by atoms with Crippen LogP contribution in [0.1, 0.15) is 25.3 Å². The third-order valence-electron chi connectivity index (χ3n) is 3.06. The number of carbonyl (C=O) groups is 1. The van der Waals surface area contributed by atoms with E-state index in [1.807, 2.05) is 36.4 Å². The molecule has 104 valence electrons. The average molecular weight is 270 g/mol. The third-order valence-corrected chi connectivity index (χ3v) is 3.06. The second-order valence-electron chi connectivity index (χ2n) is 4.60. The van der Waals surface area contributed by atoms with Gasteiger partial charge in [-0.15, -0.1) is 0 Å². The first-order valence-corrected chi connectivity index (χ1v) is 6.77. The van der Waals surface area contributed by atoms with Gasteiger partial charge in [0, 0.05) is 6.08 Å². The lowest BCUT2D eigenvalue weighted by atomic mass is 10.0. The summed E-state index contributed by atoms with van der Waals surface area (Å²) in [6.45, 7) is 2.85. The molecule has 0 heterocycles. The number of aliphatic carboxylic acids is 1. The molecule has 20 heavy (non-hydrogen) atoms. The Labute approximate surface area is 118 Å². The topological polar surface area (TPSA) is 46.5 Å². The predicted octanol–water partition coefficient (Wildman–Crippen LogP) is 4.12. The van der Waals surface area contributed by atoms with Crippen molar-refractivity contribution in [2.45, 2.75) is 19.8 Å². The Morgan fingerprint density at radius 2 is 2.15 bits per heavy atom. The maximum Gasteiger partial charge on any atom is 0.328 e. The van der Waals surface area contributed by atoms with Gasteiger partial charge in [0.2, 0.25) is 0 Å². The number of rotatable bonds is 6. The van der Waals surface area contributed by atoms with Gasteiger partial charge in [0.05, 0.1) is 6.61 Å². The highest BCUT2D eigenvalue weighted by Crippen LogP contribution is 2.25. The van der Waals surface area contributed by atoms with Gasteiger partial charge >= 0.3 is 5.97 Å². The van der Waals surface area contributed by atoms with Crippen molar-refractivity contribution in [1.82, 2.24) is 0 Å². The van der Waals surface area contributed by atoms with Crippen LogP contribution in [0.15, 0.2) is 42.5 Å². The first kappa shape index (κ1) is 14.1. The Kier molecular flexibility index (Phi) is 4.77. The maximum absolute atomic E-state index is 10.6. The second kappa shape index (κ2) is 6.75. The number of unbranched alkanes of at least 4 members (excludes halogenated alkanes) is 1. The van der Waals surface area contributed by atoms with Crippen LogP contribution < -0.4 is 4.74 Å². The molecular formula is C17H18O3. The normalized spacial score (nSPS) is 11.1. The first-order valence-electron chi connectivity index (χ1n) is 6.77. The highest BCUT2D eigenvalue weighted by molar-refractivity contribution is 5.94. The number of fused-ring (bicyclic) bond motifs is 1. The molecule has 0 amide bonds. The van der Waals surface area contributed by atoms with Gasteiger partial charge in [-0.3, -0.25) is 0 Å². The molecule has 2 aromatic carbocycles. The lowest BCUT2D eigenvalue weighted by molar-refractivity contribution is -0.131. The lowest BCUT2D eigenvalue weighted by Crippen LogP contribution is -1.96. The van der Waals surface area contributed by atoms with E-state index in [0.717, 1.165) is 47.6 Å². The fraction of sp³-hybridized carbons (Fsp3) is 0.235. The van der Waals surface area contributed by atoms with Gasteiger partial charge in [-0.05, 0) is 41.0 Å². The zero-order valence-electron chi connectivity index (χ0n) is 11.5. The van der Waals surface area contributed by atoms with Crippen molar-refractivity contribution in [2.24, 2.45) is 0 Å². The molecule has 0 saturated carbocycles. The Morgan fingerprint density at radius 3 is 2.90 bits per heavy atom. The summed E-state index contributed by atoms with van der Waals surface area (Å²) in [5, 5.41) is 10.8. The van der Waals surface area contributed by atoms with Crippen molar-refractivity contribution < 1.29 is 14.6 Å². The third kappa shape index (κ3) is 3.60. The number of carboxylic acids is 1. The van der Waals surface area contributed by atoms with Gasteiger partial charge in [0.25, 0.3) is 0 Å². The predicted molar refractivity (Wildman–Crippen MR) is 81.0 cm³/mol. The fourth-order valence-electron chi connectivity index (χ4n) is 2.02. The van der Waals surface area contributed by atoms with E-state index in [1.54, 1.807) is 6.08 Å². The van der Waals surface area contributed by atoms with Crippen LogP contribution in [0.25, 0.3) is 16.8 Å². The molecule has 0 aliphatic carbocycles. The lowest BCUT2D eigenvalue weighted by Gasteiger charge is -2.08. The summed E-state index contributed by atoms with van der Waals surface area (Å²) in [5.41, 5.74) is 0.894. The van der Waals surface area contributed by atoms with E-state index >= 15 is 0 Å². The van der Waals surface area contributed by atoms with Crippen LogP contribution in [0.4, 0.5) is 0 Å². The monoisotopic (exact) mass is 270 g/mol. The number of ether oxygens (including phenoxy) is 1. The summed E-state index contributed by atoms with van der Waals surface area (Å²) in [4.78, 5) is 10.6. The number of hydrogen-bond acceptors (Lipinski definition) is 2. The molecule has 0 unspecified atom stereocenters. The van der Waals surface area contributed by atoms with E-state index in [2.05, 4.69) is 6.92 Å². The minimum absolute atomic E-state index is 0.723. The van der Waals surface area contributed by atoms with Crippen molar-refractivity contribution >= 4 is 22.8 Å². The van der Waals surface area contributed by atoms with Gasteiger partial charge in [-0.2, -0.15) is 0 Å². The first-order chi connectivity index (χ1) is 9.70. The summed E-state index contributed by atoms with van der Waals surface area (Å²) in [6, 6.07) is 11.7. The van der Waals surface area contributed by atoms with Gasteiger partial charge in [0.1, 0.15) is 5.75 Å². The van der Waals surface area contributed by atoms with Gasteiger partial charge in [0.15, 0.2) is 0 Å². The van der Waals surface area contributed by atoms with Crippen LogP contribution in [-0.2, 0) is 4.79 Å². The average Bonchev–Trinajstić information content (AvgIpc) is 2.45. The number of hydrogen-bond donors (Lipinski definition) is 1. The van der Waals surface area contributed by atoms with Crippen LogP contribution in [0, 0.1) is 0 Å². The molecule has 0 aliphatic heterocycles. The molecular weight excluding hydrogens is 252 g/mol. The second-order valence-corrected chi connectivity index (χ2v) is 4.60. The van der Waals surface area contributed by atoms with Crippen molar-refractivity contribution in [3.05, 3.63) is 48.0 Å². The summed E-state index contributed by atoms with van der Waals surface area (Å²) in [5.74, 6) is -0.0909. The molecule has 0 atom stereocenters. The Balaban J connectivity index is 2.28. The van der Waals surface area contributed by atoms with Crippen molar-refractivity contribution in [2.75, 3.05) is 6.61 Å². The minimum atomic E-state index is -0.943. The minimum Gasteiger partial charge on any atom is -0.494 e. The standard InChI is InChI=1S/C17H18O3/c1-2-3-11-20-15-8-9-16-13(7-10-17(18)19)5-4-6-14(16)12-15/h4-10,12H,2-3,11H2,1H3,(H,18,19). The molecule has 3 nitrogen and oxygen atoms in total. The summed E-state index contributed by atoms with van der Waals surface area (Å²) in [7, 11) is 0. The molecule has 0 bridgehead atoms. The number of carboxylic acid groups (broad SMARTS) is 1. The van der Waals surface area contributed by atoms with Crippen LogP contribution in [0.3, 0.4) is 0 Å². The molecule has 0 saturated heterocycles. The molecule has 0 spiro atoms. The quantitative estimate of drug-likeness (QED) is 0.634. The van der Waals surface area contributed by atoms with E-state index in [-0.39, 0.29) is 0 Å². The molecule has 0 fully saturated rings. The van der Waals surface area contributed by atoms with Crippen LogP contribution in [0.5, 0.6) is 5.75 Å². The summed E-state index contributed by atoms with van der Waals surface area (Å²) < 4.78 is 5.68. The van der Waals surface area contributed by atoms with E-state index in [9.17, 15) is 4.79 Å². The van der Waals surface area contributed by atoms with E-state index in [4.69, 9.17) is 9.84 Å². The smallest absolute Gasteiger partial charge is 0.328 e. The fourth-order valence-corrected chi connectivity index (χ4v) is 2.02. The van der Waals surface area contributed by atoms with E-state index < -0.39 is 5.97 Å². The largest absolute Gasteiger partial charge is 0.494 e. The van der Waals surface area contributed by atoms with Crippen LogP contribution in [0.2, 0.25) is 0 Å². The van der Waals surface area contributed by atoms with Gasteiger partial charge in [-0.25, -0.2) is 4.79 Å². The van der Waals surface area contributed by atoms with Crippen molar-refractivity contribution in [3.8, 4) is 5.75 Å². The highest BCUT2D eigenvalue weighted by atomic mass is 16.5. The Bertz CT molecular complexity index is 629. The molecule has 2 aromatic rings. The molecule has 3 heteroatoms. The molecule has 0 aromatic heterocycles. The zero-order valence-corrected chi connectivity index (χ0v) is 11.5. The Hall–Kier alpha value is -2.29. The molecule has 0 aliphatic rings. The summed E-state index contributed by atoms with van der Waals surface area (Å²) >= 11 is 0. The van der Waals surface area contributed by atoms with Crippen LogP contribution >= 0.6 is 0 Å². The summed E-state index contributed by atoms with van der Waals surface area (Å²) in [6.07, 6.45) is 4.92. The SMILES string of the molecule is CCCCOc1ccc2c(C=CC(=O)O)cccc2c1. The van der Waals surface area contributed by atoms with Crippen LogP contribution in [-0.4, -0.2) is 17.7 Å². The van der Waals surface area contributed by atoms with Crippen molar-refractivity contribution in [1.29, 1.82) is 0 Å². The highest BCUT2D eigenvalue weighted by Gasteiger charge is 2.01. The molecule has 1 N–H and O–H groups in total. The van der Waals surface area contributed by atoms with E-state index in [1.165, 1.54) is 0 Å². The Morgan fingerprint density at radius 1 is 1.30 bits per heavy atom. The van der Waals surface area contributed by atoms with Gasteiger partial charge < -0.3 is 9.84 Å².